The highest BCUT2D eigenvalue weighted by Gasteiger charge is 2.18. The van der Waals surface area contributed by atoms with Crippen molar-refractivity contribution in [3.8, 4) is 0 Å². The molecule has 2 amide bonds. The number of amides is 2. The molecule has 0 aromatic heterocycles. The van der Waals surface area contributed by atoms with Gasteiger partial charge in [-0.25, -0.2) is 0 Å². The molecule has 0 aromatic rings. The van der Waals surface area contributed by atoms with Crippen LogP contribution in [0.15, 0.2) is 0 Å². The average molecular weight is 667 g/mol. The molecule has 0 rings (SSSR count). The smallest absolute Gasteiger partial charge is 0.306 e. The number of carboxylic acids is 1. The van der Waals surface area contributed by atoms with Crippen molar-refractivity contribution in [1.82, 2.24) is 10.6 Å². The Hall–Kier alpha value is -2.12. The lowest BCUT2D eigenvalue weighted by Gasteiger charge is -2.19. The van der Waals surface area contributed by atoms with Gasteiger partial charge in [-0.3, -0.25) is 19.2 Å². The number of unbranched alkanes of at least 4 members (excludes halogenated alkanes) is 24. The second-order valence-corrected chi connectivity index (χ2v) is 13.6. The molecule has 276 valence electrons. The summed E-state index contributed by atoms with van der Waals surface area (Å²) in [6, 6.07) is 0. The molecule has 0 aliphatic heterocycles. The van der Waals surface area contributed by atoms with Gasteiger partial charge in [0.1, 0.15) is 6.10 Å². The molecular formula is C39H74N2O6. The topological polar surface area (TPSA) is 122 Å². The van der Waals surface area contributed by atoms with Crippen molar-refractivity contribution in [3.63, 3.8) is 0 Å². The first kappa shape index (κ1) is 44.9. The minimum Gasteiger partial charge on any atom is -0.481 e. The summed E-state index contributed by atoms with van der Waals surface area (Å²) in [5.74, 6) is -1.92. The Balaban J connectivity index is 4.08. The minimum absolute atomic E-state index is 0.0924. The van der Waals surface area contributed by atoms with E-state index in [1.54, 1.807) is 0 Å². The number of hydrogen-bond acceptors (Lipinski definition) is 5. The first-order valence-corrected chi connectivity index (χ1v) is 19.8. The quantitative estimate of drug-likeness (QED) is 0.0452. The van der Waals surface area contributed by atoms with Crippen LogP contribution in [-0.2, 0) is 23.9 Å². The zero-order valence-corrected chi connectivity index (χ0v) is 30.7. The molecule has 0 bridgehead atoms. The van der Waals surface area contributed by atoms with Crippen molar-refractivity contribution in [2.75, 3.05) is 13.1 Å². The maximum atomic E-state index is 12.4. The molecule has 0 saturated carbocycles. The second-order valence-electron chi connectivity index (χ2n) is 13.6. The fourth-order valence-electron chi connectivity index (χ4n) is 5.85. The van der Waals surface area contributed by atoms with E-state index in [1.165, 1.54) is 128 Å². The second kappa shape index (κ2) is 35.2. The van der Waals surface area contributed by atoms with Gasteiger partial charge in [0.05, 0.1) is 25.9 Å². The van der Waals surface area contributed by atoms with E-state index >= 15 is 0 Å². The number of ether oxygens (including phenoxy) is 1. The third kappa shape index (κ3) is 35.0. The van der Waals surface area contributed by atoms with E-state index in [4.69, 9.17) is 9.84 Å². The molecule has 0 radical (unpaired) electrons. The molecule has 3 N–H and O–H groups in total. The monoisotopic (exact) mass is 667 g/mol. The van der Waals surface area contributed by atoms with Crippen molar-refractivity contribution in [1.29, 1.82) is 0 Å². The maximum absolute atomic E-state index is 12.4. The zero-order chi connectivity index (χ0) is 34.6. The van der Waals surface area contributed by atoms with Gasteiger partial charge in [0.2, 0.25) is 11.8 Å². The Morgan fingerprint density at radius 1 is 0.447 bits per heavy atom. The van der Waals surface area contributed by atoms with Gasteiger partial charge in [0.15, 0.2) is 0 Å². The first-order chi connectivity index (χ1) is 22.9. The van der Waals surface area contributed by atoms with Crippen molar-refractivity contribution >= 4 is 23.8 Å². The number of rotatable bonds is 36. The summed E-state index contributed by atoms with van der Waals surface area (Å²) in [6.45, 7) is 4.69. The SMILES string of the molecule is CCCCCCCCCCCCCCCC(=O)NCC(CNC(=O)CCCCCCCCCCCCCCC)OC(=O)CCC(=O)O. The van der Waals surface area contributed by atoms with Crippen LogP contribution in [0.25, 0.3) is 0 Å². The molecule has 0 aliphatic rings. The molecule has 0 aromatic carbocycles. The molecule has 0 spiro atoms. The number of hydrogen-bond donors (Lipinski definition) is 3. The normalized spacial score (nSPS) is 11.1. The minimum atomic E-state index is -1.07. The van der Waals surface area contributed by atoms with Crippen LogP contribution in [0, 0.1) is 0 Å². The van der Waals surface area contributed by atoms with Crippen LogP contribution in [0.2, 0.25) is 0 Å². The van der Waals surface area contributed by atoms with Crippen LogP contribution >= 0.6 is 0 Å². The Morgan fingerprint density at radius 2 is 0.745 bits per heavy atom. The third-order valence-electron chi connectivity index (χ3n) is 8.91. The van der Waals surface area contributed by atoms with E-state index < -0.39 is 18.0 Å². The molecule has 8 heteroatoms. The number of esters is 1. The number of carbonyl (C=O) groups is 4. The summed E-state index contributed by atoms with van der Waals surface area (Å²) in [6.07, 6.45) is 32.0. The summed E-state index contributed by atoms with van der Waals surface area (Å²) in [7, 11) is 0. The lowest BCUT2D eigenvalue weighted by Crippen LogP contribution is -2.42. The van der Waals surface area contributed by atoms with Crippen molar-refractivity contribution in [2.45, 2.75) is 213 Å². The molecule has 8 nitrogen and oxygen atoms in total. The van der Waals surface area contributed by atoms with Gasteiger partial charge in [0.25, 0.3) is 0 Å². The fraction of sp³-hybridized carbons (Fsp3) is 0.897. The zero-order valence-electron chi connectivity index (χ0n) is 30.7. The lowest BCUT2D eigenvalue weighted by atomic mass is 10.0. The Bertz CT molecular complexity index is 714. The number of aliphatic carboxylic acids is 1. The summed E-state index contributed by atoms with van der Waals surface area (Å²) < 4.78 is 5.41. The average Bonchev–Trinajstić information content (AvgIpc) is 3.05. The number of nitrogens with one attached hydrogen (secondary N) is 2. The highest BCUT2D eigenvalue weighted by atomic mass is 16.5. The molecule has 0 saturated heterocycles. The van der Waals surface area contributed by atoms with Gasteiger partial charge in [-0.05, 0) is 12.8 Å². The van der Waals surface area contributed by atoms with Gasteiger partial charge in [0, 0.05) is 12.8 Å². The summed E-state index contributed by atoms with van der Waals surface area (Å²) in [5, 5.41) is 14.5. The van der Waals surface area contributed by atoms with Crippen LogP contribution in [0.5, 0.6) is 0 Å². The van der Waals surface area contributed by atoms with E-state index in [0.717, 1.165) is 38.5 Å². The van der Waals surface area contributed by atoms with Crippen LogP contribution in [0.4, 0.5) is 0 Å². The van der Waals surface area contributed by atoms with Gasteiger partial charge in [-0.15, -0.1) is 0 Å². The van der Waals surface area contributed by atoms with Gasteiger partial charge >= 0.3 is 11.9 Å². The maximum Gasteiger partial charge on any atom is 0.306 e. The molecule has 0 heterocycles. The van der Waals surface area contributed by atoms with E-state index in [2.05, 4.69) is 24.5 Å². The molecule has 0 atom stereocenters. The van der Waals surface area contributed by atoms with Gasteiger partial charge < -0.3 is 20.5 Å². The van der Waals surface area contributed by atoms with Crippen LogP contribution in [0.1, 0.15) is 206 Å². The lowest BCUT2D eigenvalue weighted by molar-refractivity contribution is -0.152. The van der Waals surface area contributed by atoms with Crippen molar-refractivity contribution in [2.24, 2.45) is 0 Å². The summed E-state index contributed by atoms with van der Waals surface area (Å²) >= 11 is 0. The van der Waals surface area contributed by atoms with Gasteiger partial charge in [-0.1, -0.05) is 168 Å². The van der Waals surface area contributed by atoms with Crippen LogP contribution in [0.3, 0.4) is 0 Å². The van der Waals surface area contributed by atoms with Gasteiger partial charge in [-0.2, -0.15) is 0 Å². The third-order valence-corrected chi connectivity index (χ3v) is 8.91. The van der Waals surface area contributed by atoms with E-state index in [1.807, 2.05) is 0 Å². The van der Waals surface area contributed by atoms with E-state index in [0.29, 0.717) is 12.8 Å². The summed E-state index contributed by atoms with van der Waals surface area (Å²) in [4.78, 5) is 47.8. The number of carboxylic acid groups (broad SMARTS) is 1. The van der Waals surface area contributed by atoms with E-state index in [-0.39, 0.29) is 37.7 Å². The molecule has 0 fully saturated rings. The Labute approximate surface area is 288 Å². The Kier molecular flexibility index (Phi) is 33.6. The van der Waals surface area contributed by atoms with Crippen molar-refractivity contribution < 1.29 is 29.0 Å². The van der Waals surface area contributed by atoms with E-state index in [9.17, 15) is 19.2 Å². The highest BCUT2D eigenvalue weighted by molar-refractivity contribution is 5.78. The van der Waals surface area contributed by atoms with Crippen molar-refractivity contribution in [3.05, 3.63) is 0 Å². The van der Waals surface area contributed by atoms with Crippen LogP contribution < -0.4 is 10.6 Å². The fourth-order valence-corrected chi connectivity index (χ4v) is 5.85. The molecule has 0 unspecified atom stereocenters. The highest BCUT2D eigenvalue weighted by Crippen LogP contribution is 2.14. The molecule has 47 heavy (non-hydrogen) atoms. The molecule has 0 aliphatic carbocycles. The summed E-state index contributed by atoms with van der Waals surface area (Å²) in [5.41, 5.74) is 0. The van der Waals surface area contributed by atoms with Crippen LogP contribution in [-0.4, -0.2) is 48.1 Å². The predicted octanol–water partition coefficient (Wildman–Crippen LogP) is 9.96. The Morgan fingerprint density at radius 3 is 1.04 bits per heavy atom. The largest absolute Gasteiger partial charge is 0.481 e. The molecular weight excluding hydrogens is 592 g/mol. The first-order valence-electron chi connectivity index (χ1n) is 19.8. The number of carbonyl (C=O) groups excluding carboxylic acids is 3. The predicted molar refractivity (Wildman–Crippen MR) is 193 cm³/mol. The standard InChI is InChI=1S/C39H74N2O6/c1-3-5-7-9-11-13-15-17-19-21-23-25-27-29-36(42)40-33-35(47-39(46)32-31-38(44)45)34-41-37(43)30-28-26-24-22-20-18-16-14-12-10-8-6-4-2/h35H,3-34H2,1-2H3,(H,40,42)(H,41,43)(H,44,45).